The molecule has 0 aliphatic heterocycles. The molecule has 0 radical (unpaired) electrons. The van der Waals surface area contributed by atoms with Crippen LogP contribution in [0.15, 0.2) is 29.2 Å². The average molecular weight is 250 g/mol. The van der Waals surface area contributed by atoms with Crippen LogP contribution in [0.1, 0.15) is 5.56 Å². The van der Waals surface area contributed by atoms with E-state index in [-0.39, 0.29) is 5.75 Å². The van der Waals surface area contributed by atoms with E-state index in [2.05, 4.69) is 4.74 Å². The van der Waals surface area contributed by atoms with Crippen LogP contribution in [0.25, 0.3) is 0 Å². The Hall–Kier alpha value is -1.17. The van der Waals surface area contributed by atoms with Crippen molar-refractivity contribution in [2.24, 2.45) is 0 Å². The summed E-state index contributed by atoms with van der Waals surface area (Å²) in [6.07, 6.45) is -4.36. The predicted octanol–water partition coefficient (Wildman–Crippen LogP) is 2.97. The number of hydrogen-bond donors (Lipinski definition) is 0. The lowest BCUT2D eigenvalue weighted by Crippen LogP contribution is -2.05. The van der Waals surface area contributed by atoms with Gasteiger partial charge < -0.3 is 4.74 Å². The number of alkyl halides is 3. The Balaban J connectivity index is 2.72. The van der Waals surface area contributed by atoms with Gasteiger partial charge in [-0.1, -0.05) is 6.07 Å². The molecule has 2 nitrogen and oxygen atoms in total. The predicted molar refractivity (Wildman–Crippen MR) is 54.2 cm³/mol. The van der Waals surface area contributed by atoms with E-state index in [0.717, 1.165) is 23.9 Å². The standard InChI is InChI=1S/C10H9F3O2S/c1-15-9(14)6-16-8-4-2-3-7(5-8)10(11,12)13/h2-5H,6H2,1H3. The second-order valence-electron chi connectivity index (χ2n) is 2.89. The van der Waals surface area contributed by atoms with Crippen LogP contribution in [0.5, 0.6) is 0 Å². The molecule has 0 saturated carbocycles. The van der Waals surface area contributed by atoms with E-state index < -0.39 is 17.7 Å². The van der Waals surface area contributed by atoms with Crippen LogP contribution < -0.4 is 0 Å². The van der Waals surface area contributed by atoms with Gasteiger partial charge in [0.25, 0.3) is 0 Å². The quantitative estimate of drug-likeness (QED) is 0.609. The molecule has 0 unspecified atom stereocenters. The van der Waals surface area contributed by atoms with Crippen molar-refractivity contribution in [3.8, 4) is 0 Å². The summed E-state index contributed by atoms with van der Waals surface area (Å²) in [5.74, 6) is -0.472. The zero-order chi connectivity index (χ0) is 12.2. The lowest BCUT2D eigenvalue weighted by Gasteiger charge is -2.07. The molecule has 0 saturated heterocycles. The molecule has 0 amide bonds. The van der Waals surface area contributed by atoms with Crippen LogP contribution in [-0.4, -0.2) is 18.8 Å². The van der Waals surface area contributed by atoms with Gasteiger partial charge in [-0.15, -0.1) is 11.8 Å². The zero-order valence-electron chi connectivity index (χ0n) is 8.38. The van der Waals surface area contributed by atoms with Crippen molar-refractivity contribution < 1.29 is 22.7 Å². The van der Waals surface area contributed by atoms with Crippen molar-refractivity contribution in [3.05, 3.63) is 29.8 Å². The lowest BCUT2D eigenvalue weighted by molar-refractivity contribution is -0.138. The minimum Gasteiger partial charge on any atom is -0.468 e. The molecule has 1 aromatic rings. The van der Waals surface area contributed by atoms with Crippen LogP contribution in [0.3, 0.4) is 0 Å². The Labute approximate surface area is 94.8 Å². The minimum atomic E-state index is -4.36. The van der Waals surface area contributed by atoms with Gasteiger partial charge in [0.05, 0.1) is 18.4 Å². The van der Waals surface area contributed by atoms with E-state index in [0.29, 0.717) is 4.90 Å². The highest BCUT2D eigenvalue weighted by Crippen LogP contribution is 2.31. The maximum Gasteiger partial charge on any atom is 0.416 e. The molecule has 0 heterocycles. The first kappa shape index (κ1) is 12.9. The van der Waals surface area contributed by atoms with E-state index in [1.807, 2.05) is 0 Å². The summed E-state index contributed by atoms with van der Waals surface area (Å²) >= 11 is 1.01. The molecule has 16 heavy (non-hydrogen) atoms. The Kier molecular flexibility index (Phi) is 4.23. The van der Waals surface area contributed by atoms with Crippen LogP contribution in [0.2, 0.25) is 0 Å². The number of methoxy groups -OCH3 is 1. The van der Waals surface area contributed by atoms with Gasteiger partial charge in [-0.2, -0.15) is 13.2 Å². The van der Waals surface area contributed by atoms with Gasteiger partial charge in [0.2, 0.25) is 0 Å². The molecule has 0 aliphatic carbocycles. The fourth-order valence-electron chi connectivity index (χ4n) is 0.963. The lowest BCUT2D eigenvalue weighted by atomic mass is 10.2. The van der Waals surface area contributed by atoms with E-state index >= 15 is 0 Å². The summed E-state index contributed by atoms with van der Waals surface area (Å²) in [4.78, 5) is 11.2. The van der Waals surface area contributed by atoms with E-state index in [4.69, 9.17) is 0 Å². The van der Waals surface area contributed by atoms with Gasteiger partial charge in [0, 0.05) is 4.90 Å². The number of esters is 1. The van der Waals surface area contributed by atoms with Crippen molar-refractivity contribution in [3.63, 3.8) is 0 Å². The van der Waals surface area contributed by atoms with Crippen molar-refractivity contribution in [2.45, 2.75) is 11.1 Å². The van der Waals surface area contributed by atoms with Crippen molar-refractivity contribution in [1.82, 2.24) is 0 Å². The maximum atomic E-state index is 12.3. The molecule has 1 aromatic carbocycles. The Morgan fingerprint density at radius 3 is 2.69 bits per heavy atom. The molecule has 0 aromatic heterocycles. The van der Waals surface area contributed by atoms with Crippen molar-refractivity contribution >= 4 is 17.7 Å². The summed E-state index contributed by atoms with van der Waals surface area (Å²) in [5.41, 5.74) is -0.720. The SMILES string of the molecule is COC(=O)CSc1cccc(C(F)(F)F)c1. The third-order valence-electron chi connectivity index (χ3n) is 1.75. The Bertz CT molecular complexity index is 377. The number of hydrogen-bond acceptors (Lipinski definition) is 3. The third kappa shape index (κ3) is 3.77. The molecule has 0 spiro atoms. The van der Waals surface area contributed by atoms with Crippen molar-refractivity contribution in [2.75, 3.05) is 12.9 Å². The molecule has 0 bridgehead atoms. The second-order valence-corrected chi connectivity index (χ2v) is 3.94. The smallest absolute Gasteiger partial charge is 0.416 e. The highest BCUT2D eigenvalue weighted by atomic mass is 32.2. The van der Waals surface area contributed by atoms with Gasteiger partial charge in [-0.25, -0.2) is 0 Å². The minimum absolute atomic E-state index is 0.00217. The molecule has 6 heteroatoms. The van der Waals surface area contributed by atoms with Crippen molar-refractivity contribution in [1.29, 1.82) is 0 Å². The van der Waals surface area contributed by atoms with Crippen LogP contribution in [0.4, 0.5) is 13.2 Å². The van der Waals surface area contributed by atoms with Crippen LogP contribution >= 0.6 is 11.8 Å². The molecular weight excluding hydrogens is 241 g/mol. The number of carbonyl (C=O) groups is 1. The Morgan fingerprint density at radius 1 is 1.44 bits per heavy atom. The molecule has 0 fully saturated rings. The molecule has 88 valence electrons. The molecular formula is C10H9F3O2S. The molecule has 0 aliphatic rings. The summed E-state index contributed by atoms with van der Waals surface area (Å²) in [5, 5.41) is 0. The van der Waals surface area contributed by atoms with E-state index in [1.54, 1.807) is 0 Å². The first-order valence-corrected chi connectivity index (χ1v) is 5.29. The summed E-state index contributed by atoms with van der Waals surface area (Å²) < 4.78 is 41.4. The van der Waals surface area contributed by atoms with Crippen LogP contribution in [0, 0.1) is 0 Å². The number of benzene rings is 1. The summed E-state index contributed by atoms with van der Waals surface area (Å²) in [6.45, 7) is 0. The van der Waals surface area contributed by atoms with E-state index in [1.165, 1.54) is 19.2 Å². The number of ether oxygens (including phenoxy) is 1. The highest BCUT2D eigenvalue weighted by molar-refractivity contribution is 8.00. The van der Waals surface area contributed by atoms with E-state index in [9.17, 15) is 18.0 Å². The average Bonchev–Trinajstić information content (AvgIpc) is 2.25. The van der Waals surface area contributed by atoms with Crippen LogP contribution in [-0.2, 0) is 15.7 Å². The monoisotopic (exact) mass is 250 g/mol. The third-order valence-corrected chi connectivity index (χ3v) is 2.71. The fraction of sp³-hybridized carbons (Fsp3) is 0.300. The largest absolute Gasteiger partial charge is 0.468 e. The molecule has 1 rings (SSSR count). The first-order valence-electron chi connectivity index (χ1n) is 4.30. The number of halogens is 3. The first-order chi connectivity index (χ1) is 7.43. The number of carbonyl (C=O) groups excluding carboxylic acids is 1. The zero-order valence-corrected chi connectivity index (χ0v) is 9.19. The van der Waals surface area contributed by atoms with Gasteiger partial charge >= 0.3 is 12.1 Å². The van der Waals surface area contributed by atoms with Gasteiger partial charge in [0.1, 0.15) is 0 Å². The van der Waals surface area contributed by atoms with Gasteiger partial charge in [0.15, 0.2) is 0 Å². The topological polar surface area (TPSA) is 26.3 Å². The highest BCUT2D eigenvalue weighted by Gasteiger charge is 2.30. The fourth-order valence-corrected chi connectivity index (χ4v) is 1.75. The number of thioether (sulfide) groups is 1. The molecule has 0 atom stereocenters. The number of rotatable bonds is 3. The Morgan fingerprint density at radius 2 is 2.12 bits per heavy atom. The summed E-state index contributed by atoms with van der Waals surface area (Å²) in [7, 11) is 1.23. The summed E-state index contributed by atoms with van der Waals surface area (Å²) in [6, 6.07) is 4.82. The maximum absolute atomic E-state index is 12.3. The van der Waals surface area contributed by atoms with Gasteiger partial charge in [-0.05, 0) is 18.2 Å². The normalized spacial score (nSPS) is 11.2. The molecule has 0 N–H and O–H groups in total. The second kappa shape index (κ2) is 5.25. The van der Waals surface area contributed by atoms with Gasteiger partial charge in [-0.3, -0.25) is 4.79 Å².